The summed E-state index contributed by atoms with van der Waals surface area (Å²) in [5, 5.41) is 10.4. The molecule has 0 aliphatic carbocycles. The van der Waals surface area contributed by atoms with Crippen molar-refractivity contribution in [2.45, 2.75) is 0 Å². The van der Waals surface area contributed by atoms with Crippen molar-refractivity contribution in [3.8, 4) is 5.82 Å². The number of aryl methyl sites for hydroxylation is 1. The molecule has 2 heterocycles. The van der Waals surface area contributed by atoms with Gasteiger partial charge in [0.15, 0.2) is 0 Å². The molecule has 13 heavy (non-hydrogen) atoms. The van der Waals surface area contributed by atoms with Crippen LogP contribution in [0.5, 0.6) is 0 Å². The Kier molecular flexibility index (Phi) is 1.62. The van der Waals surface area contributed by atoms with Gasteiger partial charge >= 0.3 is 0 Å². The lowest BCUT2D eigenvalue weighted by Crippen LogP contribution is -2.23. The van der Waals surface area contributed by atoms with Crippen LogP contribution in [0.15, 0.2) is 23.5 Å². The first-order valence-electron chi connectivity index (χ1n) is 3.54. The molecule has 0 saturated carbocycles. The maximum Gasteiger partial charge on any atom is 0.295 e. The highest BCUT2D eigenvalue weighted by Crippen LogP contribution is 1.89. The summed E-state index contributed by atoms with van der Waals surface area (Å²) in [6, 6.07) is 0. The summed E-state index contributed by atoms with van der Waals surface area (Å²) in [5.41, 5.74) is -0.241. The monoisotopic (exact) mass is 178 g/mol. The zero-order valence-corrected chi connectivity index (χ0v) is 6.82. The lowest BCUT2D eigenvalue weighted by molar-refractivity contribution is 0.731. The standard InChI is InChI=1S/C6H6N6O/c1-11-3-2-7-5(6(11)13)12-4-8-9-10-12/h2-4H,1H3. The molecule has 0 amide bonds. The van der Waals surface area contributed by atoms with Crippen LogP contribution in [0.2, 0.25) is 0 Å². The highest BCUT2D eigenvalue weighted by molar-refractivity contribution is 5.14. The zero-order valence-electron chi connectivity index (χ0n) is 6.82. The number of aromatic nitrogens is 6. The van der Waals surface area contributed by atoms with Crippen molar-refractivity contribution in [3.63, 3.8) is 0 Å². The Hall–Kier alpha value is -2.05. The highest BCUT2D eigenvalue weighted by Gasteiger charge is 2.05. The van der Waals surface area contributed by atoms with Gasteiger partial charge in [-0.25, -0.2) is 4.98 Å². The molecule has 0 unspecified atom stereocenters. The highest BCUT2D eigenvalue weighted by atomic mass is 16.1. The molecule has 0 N–H and O–H groups in total. The molecule has 66 valence electrons. The number of hydrogen-bond donors (Lipinski definition) is 0. The van der Waals surface area contributed by atoms with E-state index in [1.54, 1.807) is 13.2 Å². The van der Waals surface area contributed by atoms with Crippen molar-refractivity contribution in [3.05, 3.63) is 29.1 Å². The molecule has 0 aliphatic rings. The molecule has 7 heteroatoms. The van der Waals surface area contributed by atoms with E-state index in [0.717, 1.165) is 0 Å². The predicted molar refractivity (Wildman–Crippen MR) is 42.2 cm³/mol. The SMILES string of the molecule is Cn1ccnc(-n2cnnn2)c1=O. The first kappa shape index (κ1) is 7.59. The van der Waals surface area contributed by atoms with Crippen LogP contribution in [0.1, 0.15) is 0 Å². The van der Waals surface area contributed by atoms with Crippen molar-refractivity contribution in [1.29, 1.82) is 0 Å². The van der Waals surface area contributed by atoms with E-state index in [1.807, 2.05) is 0 Å². The second-order valence-electron chi connectivity index (χ2n) is 2.42. The van der Waals surface area contributed by atoms with Crippen LogP contribution in [0.4, 0.5) is 0 Å². The summed E-state index contributed by atoms with van der Waals surface area (Å²) < 4.78 is 2.63. The Balaban J connectivity index is 2.66. The molecule has 0 bridgehead atoms. The molecule has 0 atom stereocenters. The normalized spacial score (nSPS) is 10.2. The Morgan fingerprint density at radius 3 is 3.00 bits per heavy atom. The zero-order chi connectivity index (χ0) is 9.26. The number of rotatable bonds is 1. The first-order valence-corrected chi connectivity index (χ1v) is 3.54. The topological polar surface area (TPSA) is 78.5 Å². The van der Waals surface area contributed by atoms with Gasteiger partial charge in [-0.3, -0.25) is 4.79 Å². The third-order valence-corrected chi connectivity index (χ3v) is 1.56. The molecule has 0 aromatic carbocycles. The molecule has 0 radical (unpaired) electrons. The third kappa shape index (κ3) is 1.19. The van der Waals surface area contributed by atoms with E-state index in [1.165, 1.54) is 21.8 Å². The van der Waals surface area contributed by atoms with Gasteiger partial charge in [-0.1, -0.05) is 0 Å². The van der Waals surface area contributed by atoms with Crippen LogP contribution in [0.3, 0.4) is 0 Å². The summed E-state index contributed by atoms with van der Waals surface area (Å²) in [7, 11) is 1.64. The molecule has 0 spiro atoms. The fourth-order valence-corrected chi connectivity index (χ4v) is 0.900. The van der Waals surface area contributed by atoms with Crippen molar-refractivity contribution < 1.29 is 0 Å². The van der Waals surface area contributed by atoms with Crippen LogP contribution in [0.25, 0.3) is 5.82 Å². The van der Waals surface area contributed by atoms with Gasteiger partial charge in [-0.05, 0) is 10.4 Å². The Morgan fingerprint density at radius 2 is 2.31 bits per heavy atom. The van der Waals surface area contributed by atoms with Gasteiger partial charge in [0.25, 0.3) is 5.56 Å². The summed E-state index contributed by atoms with van der Waals surface area (Å²) in [4.78, 5) is 15.3. The molecule has 0 saturated heterocycles. The fourth-order valence-electron chi connectivity index (χ4n) is 0.900. The molecule has 7 nitrogen and oxygen atoms in total. The molecular formula is C6H6N6O. The maximum atomic E-state index is 11.5. The minimum atomic E-state index is -0.241. The summed E-state index contributed by atoms with van der Waals surface area (Å²) in [6.45, 7) is 0. The van der Waals surface area contributed by atoms with Gasteiger partial charge in [0.1, 0.15) is 6.33 Å². The van der Waals surface area contributed by atoms with E-state index in [0.29, 0.717) is 0 Å². The number of nitrogens with zero attached hydrogens (tertiary/aromatic N) is 6. The minimum Gasteiger partial charge on any atom is -0.314 e. The van der Waals surface area contributed by atoms with Crippen LogP contribution in [-0.2, 0) is 7.05 Å². The van der Waals surface area contributed by atoms with Gasteiger partial charge in [-0.15, -0.1) is 5.10 Å². The van der Waals surface area contributed by atoms with Gasteiger partial charge < -0.3 is 4.57 Å². The third-order valence-electron chi connectivity index (χ3n) is 1.56. The fraction of sp³-hybridized carbons (Fsp3) is 0.167. The average molecular weight is 178 g/mol. The molecule has 2 aromatic heterocycles. The van der Waals surface area contributed by atoms with E-state index >= 15 is 0 Å². The number of tetrazole rings is 1. The van der Waals surface area contributed by atoms with Gasteiger partial charge in [0, 0.05) is 19.4 Å². The second-order valence-corrected chi connectivity index (χ2v) is 2.42. The maximum absolute atomic E-state index is 11.5. The Bertz CT molecular complexity index is 458. The Labute approximate surface area is 72.6 Å². The number of hydrogen-bond acceptors (Lipinski definition) is 5. The van der Waals surface area contributed by atoms with E-state index in [4.69, 9.17) is 0 Å². The molecular weight excluding hydrogens is 172 g/mol. The van der Waals surface area contributed by atoms with E-state index < -0.39 is 0 Å². The molecule has 0 aliphatic heterocycles. The van der Waals surface area contributed by atoms with Crippen molar-refractivity contribution >= 4 is 0 Å². The van der Waals surface area contributed by atoms with Gasteiger partial charge in [-0.2, -0.15) is 4.68 Å². The van der Waals surface area contributed by atoms with Crippen LogP contribution in [0, 0.1) is 0 Å². The van der Waals surface area contributed by atoms with E-state index in [9.17, 15) is 4.79 Å². The Morgan fingerprint density at radius 1 is 1.46 bits per heavy atom. The smallest absolute Gasteiger partial charge is 0.295 e. The molecule has 2 aromatic rings. The van der Waals surface area contributed by atoms with Gasteiger partial charge in [0.05, 0.1) is 0 Å². The van der Waals surface area contributed by atoms with Gasteiger partial charge in [0.2, 0.25) is 5.82 Å². The van der Waals surface area contributed by atoms with Crippen molar-refractivity contribution in [2.75, 3.05) is 0 Å². The van der Waals surface area contributed by atoms with E-state index in [-0.39, 0.29) is 11.4 Å². The largest absolute Gasteiger partial charge is 0.314 e. The van der Waals surface area contributed by atoms with Crippen LogP contribution < -0.4 is 5.56 Å². The minimum absolute atomic E-state index is 0.190. The van der Waals surface area contributed by atoms with Crippen LogP contribution >= 0.6 is 0 Å². The molecule has 0 fully saturated rings. The van der Waals surface area contributed by atoms with E-state index in [2.05, 4.69) is 20.5 Å². The lowest BCUT2D eigenvalue weighted by Gasteiger charge is -1.98. The van der Waals surface area contributed by atoms with Crippen LogP contribution in [-0.4, -0.2) is 29.8 Å². The second kappa shape index (κ2) is 2.77. The summed E-state index contributed by atoms with van der Waals surface area (Å²) in [6.07, 6.45) is 4.40. The van der Waals surface area contributed by atoms with Crippen molar-refractivity contribution in [1.82, 2.24) is 29.8 Å². The first-order chi connectivity index (χ1) is 6.29. The average Bonchev–Trinajstić information content (AvgIpc) is 2.62. The molecule has 2 rings (SSSR count). The summed E-state index contributed by atoms with van der Waals surface area (Å²) >= 11 is 0. The lowest BCUT2D eigenvalue weighted by atomic mass is 10.6. The quantitative estimate of drug-likeness (QED) is 0.545. The van der Waals surface area contributed by atoms with Crippen molar-refractivity contribution in [2.24, 2.45) is 7.05 Å². The summed E-state index contributed by atoms with van der Waals surface area (Å²) in [5.74, 6) is 0.190. The predicted octanol–water partition coefficient (Wildman–Crippen LogP) is -1.24.